The molecule has 2 rings (SSSR count). The van der Waals surface area contributed by atoms with Crippen molar-refractivity contribution in [2.45, 2.75) is 5.75 Å². The monoisotopic (exact) mass is 324 g/mol. The Kier molecular flexibility index (Phi) is 4.77. The summed E-state index contributed by atoms with van der Waals surface area (Å²) in [5.74, 6) is -1.45. The van der Waals surface area contributed by atoms with Crippen molar-refractivity contribution < 1.29 is 26.5 Å². The molecule has 116 valence electrons. The number of hydrogen-bond acceptors (Lipinski definition) is 5. The molecule has 0 unspecified atom stereocenters. The molecule has 7 heteroatoms. The summed E-state index contributed by atoms with van der Waals surface area (Å²) in [6, 6.07) is 10.7. The summed E-state index contributed by atoms with van der Waals surface area (Å²) < 4.78 is 46.2. The maximum Gasteiger partial charge on any atom is 0.337 e. The third-order valence-electron chi connectivity index (χ3n) is 2.74. The van der Waals surface area contributed by atoms with Crippen LogP contribution in [0.3, 0.4) is 0 Å². The quantitative estimate of drug-likeness (QED) is 0.624. The Labute approximate surface area is 127 Å². The van der Waals surface area contributed by atoms with Crippen molar-refractivity contribution in [1.29, 1.82) is 0 Å². The van der Waals surface area contributed by atoms with Gasteiger partial charge in [0.25, 0.3) is 0 Å². The smallest absolute Gasteiger partial charge is 0.337 e. The highest BCUT2D eigenvalue weighted by atomic mass is 32.2. The molecular formula is C15H13FO5S. The fraction of sp³-hybridized carbons (Fsp3) is 0.133. The molecule has 0 amide bonds. The highest BCUT2D eigenvalue weighted by Crippen LogP contribution is 2.18. The minimum Gasteiger partial charge on any atom is -0.465 e. The Morgan fingerprint density at radius 2 is 1.82 bits per heavy atom. The van der Waals surface area contributed by atoms with Crippen LogP contribution in [-0.4, -0.2) is 21.5 Å². The molecule has 0 N–H and O–H groups in total. The largest absolute Gasteiger partial charge is 0.465 e. The van der Waals surface area contributed by atoms with E-state index in [0.29, 0.717) is 5.56 Å². The number of ether oxygens (including phenoxy) is 1. The summed E-state index contributed by atoms with van der Waals surface area (Å²) in [7, 11) is -2.70. The van der Waals surface area contributed by atoms with Gasteiger partial charge in [0, 0.05) is 0 Å². The molecule has 22 heavy (non-hydrogen) atoms. The van der Waals surface area contributed by atoms with Gasteiger partial charge in [-0.15, -0.1) is 0 Å². The van der Waals surface area contributed by atoms with Gasteiger partial charge < -0.3 is 8.92 Å². The van der Waals surface area contributed by atoms with Gasteiger partial charge >= 0.3 is 16.1 Å². The zero-order valence-corrected chi connectivity index (χ0v) is 12.5. The molecule has 0 aliphatic heterocycles. The van der Waals surface area contributed by atoms with Crippen molar-refractivity contribution in [3.05, 3.63) is 65.5 Å². The summed E-state index contributed by atoms with van der Waals surface area (Å²) in [6.07, 6.45) is 0. The van der Waals surface area contributed by atoms with Crippen molar-refractivity contribution in [2.75, 3.05) is 7.11 Å². The Bertz CT molecular complexity index is 769. The van der Waals surface area contributed by atoms with E-state index < -0.39 is 27.7 Å². The van der Waals surface area contributed by atoms with Crippen LogP contribution in [0.4, 0.5) is 4.39 Å². The molecule has 0 heterocycles. The van der Waals surface area contributed by atoms with E-state index in [1.165, 1.54) is 55.6 Å². The van der Waals surface area contributed by atoms with E-state index in [2.05, 4.69) is 4.74 Å². The minimum absolute atomic E-state index is 0.00464. The minimum atomic E-state index is -3.92. The number of rotatable bonds is 5. The first-order valence-electron chi connectivity index (χ1n) is 6.24. The van der Waals surface area contributed by atoms with Crippen LogP contribution in [0, 0.1) is 5.82 Å². The van der Waals surface area contributed by atoms with Gasteiger partial charge in [-0.1, -0.05) is 18.2 Å². The van der Waals surface area contributed by atoms with E-state index >= 15 is 0 Å². The lowest BCUT2D eigenvalue weighted by molar-refractivity contribution is 0.0600. The van der Waals surface area contributed by atoms with Gasteiger partial charge in [-0.05, 0) is 35.9 Å². The molecule has 5 nitrogen and oxygen atoms in total. The Balaban J connectivity index is 2.15. The topological polar surface area (TPSA) is 69.7 Å². The van der Waals surface area contributed by atoms with Crippen LogP contribution in [0.1, 0.15) is 15.9 Å². The SMILES string of the molecule is COC(=O)c1cccc(OS(=O)(=O)Cc2ccc(F)cc2)c1. The molecular weight excluding hydrogens is 311 g/mol. The second-order valence-corrected chi connectivity index (χ2v) is 6.00. The first-order chi connectivity index (χ1) is 10.4. The fourth-order valence-electron chi connectivity index (χ4n) is 1.75. The van der Waals surface area contributed by atoms with E-state index in [9.17, 15) is 17.6 Å². The standard InChI is InChI=1S/C15H13FO5S/c1-20-15(17)12-3-2-4-14(9-12)21-22(18,19)10-11-5-7-13(16)8-6-11/h2-9H,10H2,1H3. The van der Waals surface area contributed by atoms with Gasteiger partial charge in [0.2, 0.25) is 0 Å². The lowest BCUT2D eigenvalue weighted by Crippen LogP contribution is -2.12. The Morgan fingerprint density at radius 3 is 2.45 bits per heavy atom. The molecule has 0 aliphatic carbocycles. The number of benzene rings is 2. The molecule has 0 spiro atoms. The first kappa shape index (κ1) is 16.0. The van der Waals surface area contributed by atoms with Crippen LogP contribution in [0.25, 0.3) is 0 Å². The van der Waals surface area contributed by atoms with E-state index in [-0.39, 0.29) is 11.3 Å². The number of carbonyl (C=O) groups is 1. The number of halogens is 1. The highest BCUT2D eigenvalue weighted by Gasteiger charge is 2.15. The second kappa shape index (κ2) is 6.57. The average molecular weight is 324 g/mol. The van der Waals surface area contributed by atoms with Gasteiger partial charge in [0.05, 0.1) is 12.7 Å². The third kappa shape index (κ3) is 4.29. The highest BCUT2D eigenvalue weighted by molar-refractivity contribution is 7.86. The molecule has 0 saturated carbocycles. The maximum atomic E-state index is 12.8. The molecule has 2 aromatic rings. The van der Waals surface area contributed by atoms with Crippen LogP contribution >= 0.6 is 0 Å². The summed E-state index contributed by atoms with van der Waals surface area (Å²) in [6.45, 7) is 0. The van der Waals surface area contributed by atoms with Crippen molar-refractivity contribution in [3.63, 3.8) is 0 Å². The number of methoxy groups -OCH3 is 1. The van der Waals surface area contributed by atoms with Gasteiger partial charge in [-0.3, -0.25) is 0 Å². The van der Waals surface area contributed by atoms with E-state index in [1.807, 2.05) is 0 Å². The zero-order valence-electron chi connectivity index (χ0n) is 11.7. The van der Waals surface area contributed by atoms with Crippen LogP contribution < -0.4 is 4.18 Å². The van der Waals surface area contributed by atoms with Gasteiger partial charge in [-0.2, -0.15) is 8.42 Å². The van der Waals surface area contributed by atoms with Crippen LogP contribution in [0.15, 0.2) is 48.5 Å². The first-order valence-corrected chi connectivity index (χ1v) is 7.82. The number of carbonyl (C=O) groups excluding carboxylic acids is 1. The molecule has 2 aromatic carbocycles. The van der Waals surface area contributed by atoms with Crippen LogP contribution in [0.5, 0.6) is 5.75 Å². The predicted molar refractivity (Wildman–Crippen MR) is 77.4 cm³/mol. The van der Waals surface area contributed by atoms with E-state index in [4.69, 9.17) is 4.18 Å². The lowest BCUT2D eigenvalue weighted by atomic mass is 10.2. The molecule has 0 aliphatic rings. The molecule has 0 saturated heterocycles. The molecule has 0 radical (unpaired) electrons. The van der Waals surface area contributed by atoms with Crippen molar-refractivity contribution in [1.82, 2.24) is 0 Å². The summed E-state index contributed by atoms with van der Waals surface area (Å²) in [5, 5.41) is 0. The van der Waals surface area contributed by atoms with Crippen molar-refractivity contribution in [3.8, 4) is 5.75 Å². The Morgan fingerprint density at radius 1 is 1.14 bits per heavy atom. The van der Waals surface area contributed by atoms with Crippen molar-refractivity contribution in [2.24, 2.45) is 0 Å². The molecule has 0 fully saturated rings. The van der Waals surface area contributed by atoms with E-state index in [1.54, 1.807) is 0 Å². The molecule has 0 bridgehead atoms. The van der Waals surface area contributed by atoms with E-state index in [0.717, 1.165) is 0 Å². The third-order valence-corrected chi connectivity index (χ3v) is 3.87. The summed E-state index contributed by atoms with van der Waals surface area (Å²) >= 11 is 0. The van der Waals surface area contributed by atoms with Gasteiger partial charge in [-0.25, -0.2) is 9.18 Å². The van der Waals surface area contributed by atoms with Crippen molar-refractivity contribution >= 4 is 16.1 Å². The zero-order chi connectivity index (χ0) is 16.2. The summed E-state index contributed by atoms with van der Waals surface area (Å²) in [5.41, 5.74) is 0.572. The predicted octanol–water partition coefficient (Wildman–Crippen LogP) is 2.52. The lowest BCUT2D eigenvalue weighted by Gasteiger charge is -2.08. The van der Waals surface area contributed by atoms with Crippen LogP contribution in [0.2, 0.25) is 0 Å². The van der Waals surface area contributed by atoms with Gasteiger partial charge in [0.15, 0.2) is 0 Å². The van der Waals surface area contributed by atoms with Crippen LogP contribution in [-0.2, 0) is 20.6 Å². The Hall–Kier alpha value is -2.41. The second-order valence-electron chi connectivity index (χ2n) is 4.43. The normalized spacial score (nSPS) is 11.0. The fourth-order valence-corrected chi connectivity index (χ4v) is 2.81. The molecule has 0 atom stereocenters. The summed E-state index contributed by atoms with van der Waals surface area (Å²) in [4.78, 5) is 11.4. The number of esters is 1. The van der Waals surface area contributed by atoms with Gasteiger partial charge in [0.1, 0.15) is 17.3 Å². The maximum absolute atomic E-state index is 12.8. The number of hydrogen-bond donors (Lipinski definition) is 0. The molecule has 0 aromatic heterocycles. The average Bonchev–Trinajstić information content (AvgIpc) is 2.48.